The van der Waals surface area contributed by atoms with Gasteiger partial charge in [0.05, 0.1) is 11.7 Å². The van der Waals surface area contributed by atoms with Crippen LogP contribution in [0.25, 0.3) is 0 Å². The van der Waals surface area contributed by atoms with Crippen LogP contribution in [0.2, 0.25) is 0 Å². The van der Waals surface area contributed by atoms with Crippen molar-refractivity contribution in [3.8, 4) is 0 Å². The lowest BCUT2D eigenvalue weighted by Gasteiger charge is -2.16. The minimum Gasteiger partial charge on any atom is -0.308 e. The van der Waals surface area contributed by atoms with E-state index in [1.165, 1.54) is 0 Å². The van der Waals surface area contributed by atoms with Crippen molar-refractivity contribution in [2.24, 2.45) is 0 Å². The SMILES string of the molecule is CNC(c1ccc(C)nc1)c1cccc(C)n1. The second-order valence-corrected chi connectivity index (χ2v) is 4.16. The van der Waals surface area contributed by atoms with E-state index in [-0.39, 0.29) is 6.04 Å². The van der Waals surface area contributed by atoms with E-state index in [4.69, 9.17) is 0 Å². The van der Waals surface area contributed by atoms with Gasteiger partial charge in [-0.1, -0.05) is 12.1 Å². The second kappa shape index (κ2) is 5.06. The lowest BCUT2D eigenvalue weighted by Crippen LogP contribution is -2.19. The molecule has 3 nitrogen and oxygen atoms in total. The molecule has 0 spiro atoms. The molecule has 0 radical (unpaired) electrons. The number of aromatic nitrogens is 2. The summed E-state index contributed by atoms with van der Waals surface area (Å²) in [4.78, 5) is 8.88. The Balaban J connectivity index is 2.36. The smallest absolute Gasteiger partial charge is 0.0764 e. The molecular formula is C14H17N3. The molecule has 0 saturated carbocycles. The average Bonchev–Trinajstić information content (AvgIpc) is 2.33. The number of pyridine rings is 2. The van der Waals surface area contributed by atoms with Crippen LogP contribution in [0.5, 0.6) is 0 Å². The first-order chi connectivity index (χ1) is 8.20. The highest BCUT2D eigenvalue weighted by atomic mass is 14.9. The highest BCUT2D eigenvalue weighted by molar-refractivity contribution is 5.27. The van der Waals surface area contributed by atoms with Crippen molar-refractivity contribution < 1.29 is 0 Å². The maximum Gasteiger partial charge on any atom is 0.0764 e. The predicted molar refractivity (Wildman–Crippen MR) is 68.9 cm³/mol. The van der Waals surface area contributed by atoms with Crippen molar-refractivity contribution in [2.45, 2.75) is 19.9 Å². The van der Waals surface area contributed by atoms with Gasteiger partial charge in [0.15, 0.2) is 0 Å². The molecule has 0 aromatic carbocycles. The summed E-state index contributed by atoms with van der Waals surface area (Å²) in [6, 6.07) is 10.3. The first-order valence-electron chi connectivity index (χ1n) is 5.74. The van der Waals surface area contributed by atoms with Crippen molar-refractivity contribution in [3.05, 3.63) is 59.2 Å². The normalized spacial score (nSPS) is 12.4. The molecule has 0 aliphatic heterocycles. The second-order valence-electron chi connectivity index (χ2n) is 4.16. The molecule has 0 fully saturated rings. The molecule has 0 aliphatic carbocycles. The molecule has 0 amide bonds. The average molecular weight is 227 g/mol. The number of nitrogens with one attached hydrogen (secondary N) is 1. The highest BCUT2D eigenvalue weighted by Crippen LogP contribution is 2.19. The molecule has 2 aromatic rings. The minimum absolute atomic E-state index is 0.100. The minimum atomic E-state index is 0.100. The van der Waals surface area contributed by atoms with Crippen molar-refractivity contribution in [1.82, 2.24) is 15.3 Å². The molecule has 0 saturated heterocycles. The third-order valence-electron chi connectivity index (χ3n) is 2.76. The van der Waals surface area contributed by atoms with Crippen LogP contribution in [-0.2, 0) is 0 Å². The molecule has 0 aliphatic rings. The zero-order chi connectivity index (χ0) is 12.3. The van der Waals surface area contributed by atoms with E-state index in [0.717, 1.165) is 22.6 Å². The van der Waals surface area contributed by atoms with E-state index in [0.29, 0.717) is 0 Å². The Morgan fingerprint density at radius 1 is 1.06 bits per heavy atom. The summed E-state index contributed by atoms with van der Waals surface area (Å²) in [6.45, 7) is 3.99. The first kappa shape index (κ1) is 11.7. The molecule has 2 rings (SSSR count). The first-order valence-corrected chi connectivity index (χ1v) is 5.74. The van der Waals surface area contributed by atoms with Crippen LogP contribution in [0.1, 0.15) is 28.7 Å². The molecule has 1 N–H and O–H groups in total. The van der Waals surface area contributed by atoms with E-state index in [1.54, 1.807) is 0 Å². The zero-order valence-electron chi connectivity index (χ0n) is 10.4. The van der Waals surface area contributed by atoms with Crippen LogP contribution in [-0.4, -0.2) is 17.0 Å². The van der Waals surface area contributed by atoms with Crippen molar-refractivity contribution in [3.63, 3.8) is 0 Å². The van der Waals surface area contributed by atoms with Gasteiger partial charge in [0.1, 0.15) is 0 Å². The molecule has 1 unspecified atom stereocenters. The van der Waals surface area contributed by atoms with Crippen LogP contribution < -0.4 is 5.32 Å². The standard InChI is InChI=1S/C14H17N3/c1-10-7-8-12(9-16-10)14(15-3)13-6-4-5-11(2)17-13/h4-9,14-15H,1-3H3. The summed E-state index contributed by atoms with van der Waals surface area (Å²) in [5.74, 6) is 0. The molecule has 88 valence electrons. The van der Waals surface area contributed by atoms with Gasteiger partial charge in [-0.15, -0.1) is 0 Å². The van der Waals surface area contributed by atoms with Gasteiger partial charge in [0.2, 0.25) is 0 Å². The van der Waals surface area contributed by atoms with Crippen LogP contribution >= 0.6 is 0 Å². The van der Waals surface area contributed by atoms with Gasteiger partial charge in [-0.3, -0.25) is 9.97 Å². The molecule has 2 aromatic heterocycles. The fraction of sp³-hybridized carbons (Fsp3) is 0.286. The number of hydrogen-bond donors (Lipinski definition) is 1. The van der Waals surface area contributed by atoms with Crippen molar-refractivity contribution in [1.29, 1.82) is 0 Å². The van der Waals surface area contributed by atoms with Gasteiger partial charge < -0.3 is 5.32 Å². The summed E-state index contributed by atoms with van der Waals surface area (Å²) < 4.78 is 0. The maximum atomic E-state index is 4.55. The molecule has 3 heteroatoms. The maximum absolute atomic E-state index is 4.55. The summed E-state index contributed by atoms with van der Waals surface area (Å²) in [5.41, 5.74) is 4.22. The lowest BCUT2D eigenvalue weighted by atomic mass is 10.0. The molecule has 2 heterocycles. The van der Waals surface area contributed by atoms with E-state index in [9.17, 15) is 0 Å². The number of rotatable bonds is 3. The zero-order valence-corrected chi connectivity index (χ0v) is 10.4. The van der Waals surface area contributed by atoms with Gasteiger partial charge in [0.25, 0.3) is 0 Å². The quantitative estimate of drug-likeness (QED) is 0.875. The van der Waals surface area contributed by atoms with Gasteiger partial charge in [0, 0.05) is 17.6 Å². The van der Waals surface area contributed by atoms with Gasteiger partial charge in [-0.2, -0.15) is 0 Å². The summed E-state index contributed by atoms with van der Waals surface area (Å²) in [5, 5.41) is 3.28. The Bertz CT molecular complexity index is 491. The third kappa shape index (κ3) is 2.68. The Labute approximate surface area is 102 Å². The van der Waals surface area contributed by atoms with Crippen LogP contribution in [0.15, 0.2) is 36.5 Å². The summed E-state index contributed by atoms with van der Waals surface area (Å²) in [6.07, 6.45) is 1.90. The van der Waals surface area contributed by atoms with Gasteiger partial charge in [-0.05, 0) is 44.7 Å². The lowest BCUT2D eigenvalue weighted by molar-refractivity contribution is 0.665. The Morgan fingerprint density at radius 3 is 2.47 bits per heavy atom. The van der Waals surface area contributed by atoms with E-state index in [2.05, 4.69) is 21.4 Å². The Hall–Kier alpha value is -1.74. The van der Waals surface area contributed by atoms with E-state index < -0.39 is 0 Å². The van der Waals surface area contributed by atoms with Crippen LogP contribution in [0, 0.1) is 13.8 Å². The fourth-order valence-electron chi connectivity index (χ4n) is 1.86. The van der Waals surface area contributed by atoms with Gasteiger partial charge >= 0.3 is 0 Å². The fourth-order valence-corrected chi connectivity index (χ4v) is 1.86. The summed E-state index contributed by atoms with van der Waals surface area (Å²) >= 11 is 0. The van der Waals surface area contributed by atoms with Crippen LogP contribution in [0.4, 0.5) is 0 Å². The largest absolute Gasteiger partial charge is 0.308 e. The van der Waals surface area contributed by atoms with Crippen molar-refractivity contribution >= 4 is 0 Å². The number of hydrogen-bond acceptors (Lipinski definition) is 3. The summed E-state index contributed by atoms with van der Waals surface area (Å²) in [7, 11) is 1.94. The van der Waals surface area contributed by atoms with Gasteiger partial charge in [-0.25, -0.2) is 0 Å². The van der Waals surface area contributed by atoms with Crippen LogP contribution in [0.3, 0.4) is 0 Å². The van der Waals surface area contributed by atoms with E-state index in [1.807, 2.05) is 51.4 Å². The Morgan fingerprint density at radius 2 is 1.88 bits per heavy atom. The number of aryl methyl sites for hydroxylation is 2. The van der Waals surface area contributed by atoms with Crippen molar-refractivity contribution in [2.75, 3.05) is 7.05 Å². The molecule has 1 atom stereocenters. The molecule has 17 heavy (non-hydrogen) atoms. The molecular weight excluding hydrogens is 210 g/mol. The molecule has 0 bridgehead atoms. The Kier molecular flexibility index (Phi) is 3.49. The third-order valence-corrected chi connectivity index (χ3v) is 2.76. The number of nitrogens with zero attached hydrogens (tertiary/aromatic N) is 2. The predicted octanol–water partition coefficient (Wildman–Crippen LogP) is 2.40. The highest BCUT2D eigenvalue weighted by Gasteiger charge is 2.13. The van der Waals surface area contributed by atoms with E-state index >= 15 is 0 Å². The monoisotopic (exact) mass is 227 g/mol. The topological polar surface area (TPSA) is 37.8 Å².